The van der Waals surface area contributed by atoms with Gasteiger partial charge in [0.05, 0.1) is 22.9 Å². The molecule has 0 aliphatic rings. The minimum Gasteiger partial charge on any atom is -0.494 e. The Balaban J connectivity index is 1.54. The number of sulfonamides is 1. The van der Waals surface area contributed by atoms with Gasteiger partial charge in [-0.3, -0.25) is 13.9 Å². The van der Waals surface area contributed by atoms with E-state index in [4.69, 9.17) is 4.74 Å². The van der Waals surface area contributed by atoms with Crippen molar-refractivity contribution in [3.63, 3.8) is 0 Å². The number of ether oxygens (including phenoxy) is 1. The molecule has 4 rings (SSSR count). The molecule has 0 saturated carbocycles. The second kappa shape index (κ2) is 9.68. The summed E-state index contributed by atoms with van der Waals surface area (Å²) in [4.78, 5) is 17.9. The largest absolute Gasteiger partial charge is 0.494 e. The number of benzene rings is 2. The fraction of sp³-hybridized carbons (Fsp3) is 0.167. The number of pyridine rings is 1. The fourth-order valence-corrected chi connectivity index (χ4v) is 5.29. The van der Waals surface area contributed by atoms with Gasteiger partial charge in [-0.25, -0.2) is 13.4 Å². The zero-order valence-corrected chi connectivity index (χ0v) is 19.8. The number of rotatable bonds is 8. The molecule has 7 nitrogen and oxygen atoms in total. The molecule has 0 atom stereocenters. The van der Waals surface area contributed by atoms with Gasteiger partial charge in [-0.2, -0.15) is 0 Å². The van der Waals surface area contributed by atoms with E-state index in [1.165, 1.54) is 34.4 Å². The average Bonchev–Trinajstić information content (AvgIpc) is 2.79. The van der Waals surface area contributed by atoms with Gasteiger partial charge in [-0.1, -0.05) is 18.2 Å². The monoisotopic (exact) mass is 481 g/mol. The molecule has 2 aromatic carbocycles. The number of aryl methyl sites for hydroxylation is 1. The number of nitrogens with one attached hydrogen (secondary N) is 1. The van der Waals surface area contributed by atoms with E-state index in [2.05, 4.69) is 9.71 Å². The molecule has 0 fully saturated rings. The third-order valence-electron chi connectivity index (χ3n) is 4.81. The lowest BCUT2D eigenvalue weighted by molar-refractivity contribution is 0.340. The molecule has 4 aromatic rings. The molecule has 0 unspecified atom stereocenters. The van der Waals surface area contributed by atoms with Crippen LogP contribution in [0.15, 0.2) is 87.5 Å². The van der Waals surface area contributed by atoms with Crippen LogP contribution in [0.3, 0.4) is 0 Å². The Morgan fingerprint density at radius 1 is 1.06 bits per heavy atom. The predicted octanol–water partition coefficient (Wildman–Crippen LogP) is 4.49. The first-order valence-electron chi connectivity index (χ1n) is 10.3. The summed E-state index contributed by atoms with van der Waals surface area (Å²) in [5.41, 5.74) is 2.49. The van der Waals surface area contributed by atoms with Crippen molar-refractivity contribution in [2.45, 2.75) is 29.4 Å². The SMILES string of the molecule is CCOc1ccc(S(=O)(=O)Nc2ccccc2SCc2cc(=O)n3cc(C)ccc3n2)cc1. The van der Waals surface area contributed by atoms with Crippen molar-refractivity contribution in [1.82, 2.24) is 9.38 Å². The number of fused-ring (bicyclic) bond motifs is 1. The quantitative estimate of drug-likeness (QED) is 0.373. The summed E-state index contributed by atoms with van der Waals surface area (Å²) in [6.45, 7) is 4.29. The minimum absolute atomic E-state index is 0.144. The van der Waals surface area contributed by atoms with Gasteiger partial charge in [0.15, 0.2) is 0 Å². The van der Waals surface area contributed by atoms with E-state index in [1.54, 1.807) is 30.5 Å². The second-order valence-electron chi connectivity index (χ2n) is 7.32. The Hall–Kier alpha value is -3.30. The highest BCUT2D eigenvalue weighted by molar-refractivity contribution is 7.98. The molecule has 0 saturated heterocycles. The number of hydrogen-bond donors (Lipinski definition) is 1. The van der Waals surface area contributed by atoms with Crippen LogP contribution in [0.25, 0.3) is 5.65 Å². The zero-order chi connectivity index (χ0) is 23.4. The van der Waals surface area contributed by atoms with Crippen molar-refractivity contribution in [2.24, 2.45) is 0 Å². The number of nitrogens with zero attached hydrogens (tertiary/aromatic N) is 2. The number of hydrogen-bond acceptors (Lipinski definition) is 6. The van der Waals surface area contributed by atoms with Gasteiger partial charge < -0.3 is 4.74 Å². The van der Waals surface area contributed by atoms with E-state index in [0.29, 0.717) is 35.1 Å². The van der Waals surface area contributed by atoms with Crippen LogP contribution in [0.1, 0.15) is 18.2 Å². The fourth-order valence-electron chi connectivity index (χ4n) is 3.25. The van der Waals surface area contributed by atoms with E-state index in [0.717, 1.165) is 10.5 Å². The van der Waals surface area contributed by atoms with Gasteiger partial charge in [-0.05, 0) is 61.9 Å². The highest BCUT2D eigenvalue weighted by atomic mass is 32.2. The van der Waals surface area contributed by atoms with Gasteiger partial charge in [0, 0.05) is 22.9 Å². The Bertz CT molecular complexity index is 1450. The van der Waals surface area contributed by atoms with Crippen LogP contribution in [0.2, 0.25) is 0 Å². The topological polar surface area (TPSA) is 89.8 Å². The Morgan fingerprint density at radius 3 is 2.58 bits per heavy atom. The maximum Gasteiger partial charge on any atom is 0.261 e. The van der Waals surface area contributed by atoms with Crippen molar-refractivity contribution >= 4 is 33.1 Å². The van der Waals surface area contributed by atoms with Gasteiger partial charge in [0.2, 0.25) is 0 Å². The molecule has 0 aliphatic carbocycles. The van der Waals surface area contributed by atoms with Crippen molar-refractivity contribution in [3.05, 3.63) is 94.5 Å². The van der Waals surface area contributed by atoms with Crippen LogP contribution in [0.5, 0.6) is 5.75 Å². The summed E-state index contributed by atoms with van der Waals surface area (Å²) in [6.07, 6.45) is 1.76. The summed E-state index contributed by atoms with van der Waals surface area (Å²) in [6, 6.07) is 18.6. The summed E-state index contributed by atoms with van der Waals surface area (Å²) in [7, 11) is -3.78. The first-order valence-corrected chi connectivity index (χ1v) is 12.8. The number of anilines is 1. The van der Waals surface area contributed by atoms with Gasteiger partial charge >= 0.3 is 0 Å². The first kappa shape index (κ1) is 22.9. The smallest absolute Gasteiger partial charge is 0.261 e. The molecule has 170 valence electrons. The van der Waals surface area contributed by atoms with Crippen molar-refractivity contribution < 1.29 is 13.2 Å². The molecule has 0 aliphatic heterocycles. The lowest BCUT2D eigenvalue weighted by Crippen LogP contribution is -2.15. The molecule has 9 heteroatoms. The van der Waals surface area contributed by atoms with Crippen LogP contribution in [0, 0.1) is 6.92 Å². The molecule has 33 heavy (non-hydrogen) atoms. The van der Waals surface area contributed by atoms with Crippen molar-refractivity contribution in [1.29, 1.82) is 0 Å². The van der Waals surface area contributed by atoms with Crippen LogP contribution in [-0.4, -0.2) is 24.4 Å². The minimum atomic E-state index is -3.78. The van der Waals surface area contributed by atoms with Crippen molar-refractivity contribution in [3.8, 4) is 5.75 Å². The first-order chi connectivity index (χ1) is 15.9. The summed E-state index contributed by atoms with van der Waals surface area (Å²) in [5, 5.41) is 0. The lowest BCUT2D eigenvalue weighted by Gasteiger charge is -2.13. The van der Waals surface area contributed by atoms with Crippen LogP contribution < -0.4 is 15.0 Å². The molecule has 2 heterocycles. The Labute approximate surface area is 196 Å². The zero-order valence-electron chi connectivity index (χ0n) is 18.2. The second-order valence-corrected chi connectivity index (χ2v) is 10.0. The standard InChI is InChI=1S/C24H23N3O4S2/c1-3-31-19-9-11-20(12-10-19)33(29,30)26-21-6-4-5-7-22(21)32-16-18-14-24(28)27-15-17(2)8-13-23(27)25-18/h4-15,26H,3,16H2,1-2H3. The lowest BCUT2D eigenvalue weighted by atomic mass is 10.3. The van der Waals surface area contributed by atoms with Crippen LogP contribution in [0.4, 0.5) is 5.69 Å². The van der Waals surface area contributed by atoms with Gasteiger partial charge in [0.1, 0.15) is 11.4 Å². The highest BCUT2D eigenvalue weighted by Crippen LogP contribution is 2.31. The summed E-state index contributed by atoms with van der Waals surface area (Å²) in [5.74, 6) is 1.03. The maximum absolute atomic E-state index is 12.9. The van der Waals surface area contributed by atoms with E-state index in [9.17, 15) is 13.2 Å². The molecule has 0 amide bonds. The Kier molecular flexibility index (Phi) is 6.71. The molecule has 0 bridgehead atoms. The average molecular weight is 482 g/mol. The summed E-state index contributed by atoms with van der Waals surface area (Å²) < 4.78 is 35.4. The van der Waals surface area contributed by atoms with E-state index in [1.807, 2.05) is 38.1 Å². The predicted molar refractivity (Wildman–Crippen MR) is 131 cm³/mol. The normalized spacial score (nSPS) is 11.5. The molecule has 1 N–H and O–H groups in total. The van der Waals surface area contributed by atoms with E-state index in [-0.39, 0.29) is 10.5 Å². The molecule has 0 radical (unpaired) electrons. The number of aromatic nitrogens is 2. The van der Waals surface area contributed by atoms with Crippen LogP contribution >= 0.6 is 11.8 Å². The molecular weight excluding hydrogens is 458 g/mol. The number of thioether (sulfide) groups is 1. The maximum atomic E-state index is 12.9. The summed E-state index contributed by atoms with van der Waals surface area (Å²) >= 11 is 1.41. The van der Waals surface area contributed by atoms with Gasteiger partial charge in [-0.15, -0.1) is 11.8 Å². The van der Waals surface area contributed by atoms with E-state index >= 15 is 0 Å². The Morgan fingerprint density at radius 2 is 1.82 bits per heavy atom. The van der Waals surface area contributed by atoms with Crippen LogP contribution in [-0.2, 0) is 15.8 Å². The van der Waals surface area contributed by atoms with E-state index < -0.39 is 10.0 Å². The van der Waals surface area contributed by atoms with Gasteiger partial charge in [0.25, 0.3) is 15.6 Å². The molecule has 2 aromatic heterocycles. The molecular formula is C24H23N3O4S2. The number of para-hydroxylation sites is 1. The third-order valence-corrected chi connectivity index (χ3v) is 7.30. The highest BCUT2D eigenvalue weighted by Gasteiger charge is 2.16. The molecule has 0 spiro atoms. The van der Waals surface area contributed by atoms with Crippen molar-refractivity contribution in [2.75, 3.05) is 11.3 Å². The third kappa shape index (κ3) is 5.37.